The van der Waals surface area contributed by atoms with Crippen molar-refractivity contribution in [2.45, 2.75) is 32.4 Å². The second-order valence-electron chi connectivity index (χ2n) is 8.33. The third-order valence-electron chi connectivity index (χ3n) is 5.61. The number of nitrogens with zero attached hydrogens (tertiary/aromatic N) is 3. The molecule has 1 aliphatic heterocycles. The van der Waals surface area contributed by atoms with Crippen LogP contribution in [0.25, 0.3) is 11.1 Å². The number of halogens is 3. The second-order valence-corrected chi connectivity index (χ2v) is 8.33. The van der Waals surface area contributed by atoms with Gasteiger partial charge in [-0.1, -0.05) is 6.92 Å². The van der Waals surface area contributed by atoms with E-state index in [1.807, 2.05) is 19.9 Å². The Hall–Kier alpha value is -3.53. The van der Waals surface area contributed by atoms with Gasteiger partial charge in [0.15, 0.2) is 0 Å². The SMILES string of the molecule is CCOc1ncc(-c2cc(NC(=O)c3cncc(C(F)(F)F)c3)cnc2C)cc1C1(C)COC1. The number of pyridine rings is 3. The van der Waals surface area contributed by atoms with Gasteiger partial charge in [-0.3, -0.25) is 14.8 Å². The first-order valence-electron chi connectivity index (χ1n) is 10.6. The molecular weight excluding hydrogens is 449 g/mol. The molecule has 1 saturated heterocycles. The molecular formula is C24H23F3N4O3. The molecule has 3 aromatic heterocycles. The predicted molar refractivity (Wildman–Crippen MR) is 119 cm³/mol. The summed E-state index contributed by atoms with van der Waals surface area (Å²) in [6.45, 7) is 7.36. The smallest absolute Gasteiger partial charge is 0.417 e. The molecule has 10 heteroatoms. The molecule has 0 unspecified atom stereocenters. The highest BCUT2D eigenvalue weighted by Gasteiger charge is 2.38. The highest BCUT2D eigenvalue weighted by atomic mass is 19.4. The number of hydrogen-bond acceptors (Lipinski definition) is 6. The van der Waals surface area contributed by atoms with Crippen molar-refractivity contribution >= 4 is 11.6 Å². The van der Waals surface area contributed by atoms with Crippen molar-refractivity contribution < 1.29 is 27.4 Å². The minimum atomic E-state index is -4.59. The Kier molecular flexibility index (Phi) is 6.26. The van der Waals surface area contributed by atoms with Crippen molar-refractivity contribution in [2.75, 3.05) is 25.1 Å². The maximum Gasteiger partial charge on any atom is 0.417 e. The number of nitrogens with one attached hydrogen (secondary N) is 1. The summed E-state index contributed by atoms with van der Waals surface area (Å²) in [5, 5.41) is 2.60. The van der Waals surface area contributed by atoms with Gasteiger partial charge in [-0.2, -0.15) is 13.2 Å². The molecule has 4 rings (SSSR count). The third kappa shape index (κ3) is 4.72. The molecule has 0 radical (unpaired) electrons. The van der Waals surface area contributed by atoms with Crippen LogP contribution in [0.5, 0.6) is 5.88 Å². The number of alkyl halides is 3. The van der Waals surface area contributed by atoms with E-state index in [1.54, 1.807) is 12.3 Å². The second kappa shape index (κ2) is 9.02. The van der Waals surface area contributed by atoms with Crippen molar-refractivity contribution in [3.8, 4) is 17.0 Å². The minimum absolute atomic E-state index is 0.208. The first kappa shape index (κ1) is 23.6. The molecule has 7 nitrogen and oxygen atoms in total. The zero-order valence-corrected chi connectivity index (χ0v) is 18.9. The van der Waals surface area contributed by atoms with Crippen LogP contribution in [0.15, 0.2) is 43.0 Å². The number of anilines is 1. The third-order valence-corrected chi connectivity index (χ3v) is 5.61. The molecule has 34 heavy (non-hydrogen) atoms. The molecule has 0 aromatic carbocycles. The van der Waals surface area contributed by atoms with Crippen molar-refractivity contribution in [2.24, 2.45) is 0 Å². The van der Waals surface area contributed by atoms with Gasteiger partial charge < -0.3 is 14.8 Å². The van der Waals surface area contributed by atoms with Crippen LogP contribution in [0.1, 0.15) is 41.0 Å². The quantitative estimate of drug-likeness (QED) is 0.555. The van der Waals surface area contributed by atoms with Crippen molar-refractivity contribution in [1.82, 2.24) is 15.0 Å². The predicted octanol–water partition coefficient (Wildman–Crippen LogP) is 4.80. The zero-order valence-electron chi connectivity index (χ0n) is 18.9. The number of ether oxygens (including phenoxy) is 2. The normalized spacial score (nSPS) is 14.9. The van der Waals surface area contributed by atoms with Crippen LogP contribution in [-0.4, -0.2) is 40.7 Å². The molecule has 0 atom stereocenters. The number of carbonyl (C=O) groups is 1. The molecule has 0 saturated carbocycles. The molecule has 1 N–H and O–H groups in total. The van der Waals surface area contributed by atoms with Gasteiger partial charge in [0.2, 0.25) is 5.88 Å². The van der Waals surface area contributed by atoms with E-state index in [4.69, 9.17) is 9.47 Å². The van der Waals surface area contributed by atoms with E-state index in [-0.39, 0.29) is 11.0 Å². The summed E-state index contributed by atoms with van der Waals surface area (Å²) in [5.41, 5.74) is 2.01. The summed E-state index contributed by atoms with van der Waals surface area (Å²) in [7, 11) is 0. The highest BCUT2D eigenvalue weighted by molar-refractivity contribution is 6.04. The van der Waals surface area contributed by atoms with Gasteiger partial charge in [-0.15, -0.1) is 0 Å². The molecule has 0 aliphatic carbocycles. The van der Waals surface area contributed by atoms with E-state index in [9.17, 15) is 18.0 Å². The van der Waals surface area contributed by atoms with Crippen LogP contribution < -0.4 is 10.1 Å². The number of rotatable bonds is 6. The van der Waals surface area contributed by atoms with E-state index in [2.05, 4.69) is 27.2 Å². The fourth-order valence-electron chi connectivity index (χ4n) is 3.66. The molecule has 178 valence electrons. The fraction of sp³-hybridized carbons (Fsp3) is 0.333. The number of hydrogen-bond donors (Lipinski definition) is 1. The lowest BCUT2D eigenvalue weighted by molar-refractivity contribution is -0.137. The van der Waals surface area contributed by atoms with E-state index in [0.717, 1.165) is 29.0 Å². The Morgan fingerprint density at radius 2 is 1.91 bits per heavy atom. The van der Waals surface area contributed by atoms with Gasteiger partial charge in [0, 0.05) is 46.4 Å². The Labute approximate surface area is 194 Å². The van der Waals surface area contributed by atoms with Crippen molar-refractivity contribution in [3.05, 3.63) is 65.4 Å². The topological polar surface area (TPSA) is 86.2 Å². The molecule has 4 heterocycles. The maximum atomic E-state index is 13.0. The monoisotopic (exact) mass is 472 g/mol. The number of aryl methyl sites for hydroxylation is 1. The van der Waals surface area contributed by atoms with Crippen LogP contribution >= 0.6 is 0 Å². The lowest BCUT2D eigenvalue weighted by Crippen LogP contribution is -2.44. The fourth-order valence-corrected chi connectivity index (χ4v) is 3.66. The minimum Gasteiger partial charge on any atom is -0.478 e. The first-order chi connectivity index (χ1) is 16.1. The van der Waals surface area contributed by atoms with Crippen molar-refractivity contribution in [3.63, 3.8) is 0 Å². The van der Waals surface area contributed by atoms with Crippen molar-refractivity contribution in [1.29, 1.82) is 0 Å². The lowest BCUT2D eigenvalue weighted by Gasteiger charge is -2.39. The first-order valence-corrected chi connectivity index (χ1v) is 10.6. The molecule has 0 spiro atoms. The molecule has 3 aromatic rings. The lowest BCUT2D eigenvalue weighted by atomic mass is 9.80. The molecule has 1 aliphatic rings. The van der Waals surface area contributed by atoms with Gasteiger partial charge in [-0.05, 0) is 32.0 Å². The summed E-state index contributed by atoms with van der Waals surface area (Å²) in [4.78, 5) is 25.0. The van der Waals surface area contributed by atoms with Gasteiger partial charge in [0.05, 0.1) is 42.8 Å². The summed E-state index contributed by atoms with van der Waals surface area (Å²) in [5.74, 6) is -0.177. The van der Waals surface area contributed by atoms with Crippen LogP contribution in [-0.2, 0) is 16.3 Å². The standard InChI is InChI=1S/C24H23F3N4O3/c1-4-34-22-20(23(3)12-33-13-23)6-15(9-30-22)19-7-18(11-29-14(19)2)31-21(32)16-5-17(10-28-8-16)24(25,26)27/h5-11H,4,12-13H2,1-3H3,(H,31,32). The van der Waals surface area contributed by atoms with Crippen LogP contribution in [0.2, 0.25) is 0 Å². The Morgan fingerprint density at radius 3 is 2.56 bits per heavy atom. The Morgan fingerprint density at radius 1 is 1.15 bits per heavy atom. The highest BCUT2D eigenvalue weighted by Crippen LogP contribution is 2.39. The largest absolute Gasteiger partial charge is 0.478 e. The summed E-state index contributed by atoms with van der Waals surface area (Å²) >= 11 is 0. The van der Waals surface area contributed by atoms with Gasteiger partial charge in [0.1, 0.15) is 0 Å². The number of aromatic nitrogens is 3. The van der Waals surface area contributed by atoms with E-state index >= 15 is 0 Å². The Bertz CT molecular complexity index is 1230. The van der Waals surface area contributed by atoms with Crippen LogP contribution in [0.4, 0.5) is 18.9 Å². The van der Waals surface area contributed by atoms with E-state index in [1.165, 1.54) is 6.20 Å². The molecule has 1 amide bonds. The number of carbonyl (C=O) groups excluding carboxylic acids is 1. The maximum absolute atomic E-state index is 13.0. The van der Waals surface area contributed by atoms with Crippen LogP contribution in [0, 0.1) is 6.92 Å². The van der Waals surface area contributed by atoms with Gasteiger partial charge in [-0.25, -0.2) is 4.98 Å². The number of amides is 1. The average molecular weight is 472 g/mol. The summed E-state index contributed by atoms with van der Waals surface area (Å²) in [6, 6.07) is 4.45. The zero-order chi connectivity index (χ0) is 24.5. The molecule has 1 fully saturated rings. The van der Waals surface area contributed by atoms with Gasteiger partial charge in [0.25, 0.3) is 5.91 Å². The summed E-state index contributed by atoms with van der Waals surface area (Å²) < 4.78 is 50.0. The van der Waals surface area contributed by atoms with Crippen LogP contribution in [0.3, 0.4) is 0 Å². The Balaban J connectivity index is 1.64. The van der Waals surface area contributed by atoms with E-state index in [0.29, 0.717) is 43.3 Å². The summed E-state index contributed by atoms with van der Waals surface area (Å²) in [6.07, 6.45) is 0.275. The van der Waals surface area contributed by atoms with E-state index < -0.39 is 17.6 Å². The molecule has 0 bridgehead atoms. The van der Waals surface area contributed by atoms with Gasteiger partial charge >= 0.3 is 6.18 Å². The average Bonchev–Trinajstić information content (AvgIpc) is 2.79.